The predicted octanol–water partition coefficient (Wildman–Crippen LogP) is 4.27. The van der Waals surface area contributed by atoms with Gasteiger partial charge in [-0.3, -0.25) is 0 Å². The van der Waals surface area contributed by atoms with Crippen molar-refractivity contribution in [1.82, 2.24) is 5.32 Å². The lowest BCUT2D eigenvalue weighted by atomic mass is 9.88. The summed E-state index contributed by atoms with van der Waals surface area (Å²) in [6.45, 7) is 6.49. The molecule has 0 aromatic heterocycles. The van der Waals surface area contributed by atoms with Crippen LogP contribution in [0.25, 0.3) is 0 Å². The molecule has 0 aliphatic carbocycles. The third kappa shape index (κ3) is 3.79. The van der Waals surface area contributed by atoms with Gasteiger partial charge in [-0.05, 0) is 74.2 Å². The van der Waals surface area contributed by atoms with Crippen LogP contribution >= 0.6 is 0 Å². The number of halogens is 1. The van der Waals surface area contributed by atoms with E-state index in [1.165, 1.54) is 18.4 Å². The molecule has 0 unspecified atom stereocenters. The molecule has 1 fully saturated rings. The summed E-state index contributed by atoms with van der Waals surface area (Å²) < 4.78 is 14.2. The molecular formula is C17H26FN. The molecule has 1 heterocycles. The van der Waals surface area contributed by atoms with E-state index in [9.17, 15) is 4.39 Å². The Morgan fingerprint density at radius 2 is 1.89 bits per heavy atom. The molecule has 1 saturated heterocycles. The molecule has 2 rings (SSSR count). The van der Waals surface area contributed by atoms with Crippen molar-refractivity contribution in [3.8, 4) is 0 Å². The van der Waals surface area contributed by atoms with E-state index in [1.54, 1.807) is 6.07 Å². The van der Waals surface area contributed by atoms with Crippen LogP contribution in [0.1, 0.15) is 56.6 Å². The highest BCUT2D eigenvalue weighted by atomic mass is 19.1. The third-order valence-electron chi connectivity index (χ3n) is 4.47. The Hall–Kier alpha value is -0.890. The number of nitrogens with one attached hydrogen (secondary N) is 1. The van der Waals surface area contributed by atoms with Crippen LogP contribution in [0.5, 0.6) is 0 Å². The first kappa shape index (κ1) is 14.5. The largest absolute Gasteiger partial charge is 0.317 e. The van der Waals surface area contributed by atoms with E-state index < -0.39 is 0 Å². The van der Waals surface area contributed by atoms with Crippen molar-refractivity contribution < 1.29 is 4.39 Å². The van der Waals surface area contributed by atoms with Crippen molar-refractivity contribution in [3.05, 3.63) is 35.1 Å². The van der Waals surface area contributed by atoms with Gasteiger partial charge in [0.15, 0.2) is 0 Å². The Bertz CT molecular complexity index is 392. The summed E-state index contributed by atoms with van der Waals surface area (Å²) >= 11 is 0. The van der Waals surface area contributed by atoms with Crippen LogP contribution in [0.3, 0.4) is 0 Å². The minimum atomic E-state index is 0.000124. The maximum absolute atomic E-state index is 14.2. The van der Waals surface area contributed by atoms with E-state index in [-0.39, 0.29) is 5.82 Å². The van der Waals surface area contributed by atoms with Crippen LogP contribution in [0, 0.1) is 11.7 Å². The van der Waals surface area contributed by atoms with Gasteiger partial charge >= 0.3 is 0 Å². The van der Waals surface area contributed by atoms with Gasteiger partial charge in [0.05, 0.1) is 0 Å². The zero-order valence-corrected chi connectivity index (χ0v) is 12.2. The second-order valence-electron chi connectivity index (χ2n) is 5.77. The van der Waals surface area contributed by atoms with Crippen molar-refractivity contribution in [3.63, 3.8) is 0 Å². The van der Waals surface area contributed by atoms with Crippen molar-refractivity contribution in [2.45, 2.75) is 51.9 Å². The second-order valence-corrected chi connectivity index (χ2v) is 5.77. The van der Waals surface area contributed by atoms with E-state index in [4.69, 9.17) is 0 Å². The highest BCUT2D eigenvalue weighted by Gasteiger charge is 2.16. The number of piperidine rings is 1. The summed E-state index contributed by atoms with van der Waals surface area (Å²) in [5.74, 6) is 1.09. The fourth-order valence-corrected chi connectivity index (χ4v) is 3.18. The molecule has 0 radical (unpaired) electrons. The second kappa shape index (κ2) is 7.04. The summed E-state index contributed by atoms with van der Waals surface area (Å²) in [4.78, 5) is 0. The topological polar surface area (TPSA) is 12.0 Å². The average molecular weight is 263 g/mol. The summed E-state index contributed by atoms with van der Waals surface area (Å²) in [5.41, 5.74) is 2.07. The standard InChI is InChI=1S/C17H26FN/c1-3-15(4-2)16-6-5-14(12-17(16)18)11-13-7-9-19-10-8-13/h5-6,12-13,15,19H,3-4,7-11H2,1-2H3. The van der Waals surface area contributed by atoms with Gasteiger partial charge in [-0.2, -0.15) is 0 Å². The SMILES string of the molecule is CCC(CC)c1ccc(CC2CCNCC2)cc1F. The van der Waals surface area contributed by atoms with Crippen LogP contribution in [-0.2, 0) is 6.42 Å². The van der Waals surface area contributed by atoms with Crippen LogP contribution in [-0.4, -0.2) is 13.1 Å². The highest BCUT2D eigenvalue weighted by Crippen LogP contribution is 2.27. The molecule has 1 aliphatic rings. The third-order valence-corrected chi connectivity index (χ3v) is 4.47. The molecule has 0 atom stereocenters. The lowest BCUT2D eigenvalue weighted by Crippen LogP contribution is -2.28. The molecule has 1 aromatic rings. The molecule has 2 heteroatoms. The molecule has 0 amide bonds. The quantitative estimate of drug-likeness (QED) is 0.836. The molecule has 19 heavy (non-hydrogen) atoms. The first-order valence-corrected chi connectivity index (χ1v) is 7.73. The monoisotopic (exact) mass is 263 g/mol. The van der Waals surface area contributed by atoms with E-state index in [2.05, 4.69) is 25.2 Å². The van der Waals surface area contributed by atoms with Gasteiger partial charge in [-0.25, -0.2) is 4.39 Å². The fraction of sp³-hybridized carbons (Fsp3) is 0.647. The minimum Gasteiger partial charge on any atom is -0.317 e. The highest BCUT2D eigenvalue weighted by molar-refractivity contribution is 5.27. The summed E-state index contributed by atoms with van der Waals surface area (Å²) in [5, 5.41) is 3.38. The van der Waals surface area contributed by atoms with Gasteiger partial charge < -0.3 is 5.32 Å². The van der Waals surface area contributed by atoms with Gasteiger partial charge in [0.25, 0.3) is 0 Å². The first-order valence-electron chi connectivity index (χ1n) is 7.73. The van der Waals surface area contributed by atoms with E-state index in [1.807, 2.05) is 6.07 Å². The Balaban J connectivity index is 2.05. The van der Waals surface area contributed by atoms with Crippen LogP contribution in [0.2, 0.25) is 0 Å². The number of hydrogen-bond donors (Lipinski definition) is 1. The molecule has 0 bridgehead atoms. The lowest BCUT2D eigenvalue weighted by Gasteiger charge is -2.23. The van der Waals surface area contributed by atoms with Gasteiger partial charge in [0, 0.05) is 0 Å². The Labute approximate surface area is 116 Å². The number of hydrogen-bond acceptors (Lipinski definition) is 1. The smallest absolute Gasteiger partial charge is 0.126 e. The van der Waals surface area contributed by atoms with E-state index in [0.717, 1.165) is 43.8 Å². The van der Waals surface area contributed by atoms with Gasteiger partial charge in [0.1, 0.15) is 5.82 Å². The minimum absolute atomic E-state index is 0.000124. The van der Waals surface area contributed by atoms with Crippen LogP contribution in [0.15, 0.2) is 18.2 Å². The first-order chi connectivity index (χ1) is 9.24. The molecule has 1 nitrogen and oxygen atoms in total. The summed E-state index contributed by atoms with van der Waals surface area (Å²) in [7, 11) is 0. The molecule has 0 saturated carbocycles. The molecule has 1 aliphatic heterocycles. The fourth-order valence-electron chi connectivity index (χ4n) is 3.18. The lowest BCUT2D eigenvalue weighted by molar-refractivity contribution is 0.372. The Morgan fingerprint density at radius 1 is 1.21 bits per heavy atom. The predicted molar refractivity (Wildman–Crippen MR) is 79.0 cm³/mol. The molecule has 0 spiro atoms. The van der Waals surface area contributed by atoms with E-state index >= 15 is 0 Å². The van der Waals surface area contributed by atoms with Crippen molar-refractivity contribution in [1.29, 1.82) is 0 Å². The molecule has 106 valence electrons. The average Bonchev–Trinajstić information content (AvgIpc) is 2.43. The van der Waals surface area contributed by atoms with E-state index in [0.29, 0.717) is 5.92 Å². The molecule has 1 N–H and O–H groups in total. The van der Waals surface area contributed by atoms with Gasteiger partial charge in [-0.1, -0.05) is 26.0 Å². The number of rotatable bonds is 5. The van der Waals surface area contributed by atoms with Crippen LogP contribution in [0.4, 0.5) is 4.39 Å². The molecule has 1 aromatic carbocycles. The summed E-state index contributed by atoms with van der Waals surface area (Å²) in [6, 6.07) is 5.93. The van der Waals surface area contributed by atoms with Gasteiger partial charge in [0.2, 0.25) is 0 Å². The zero-order valence-electron chi connectivity index (χ0n) is 12.2. The van der Waals surface area contributed by atoms with Crippen molar-refractivity contribution in [2.75, 3.05) is 13.1 Å². The maximum atomic E-state index is 14.2. The zero-order chi connectivity index (χ0) is 13.7. The normalized spacial score (nSPS) is 17.1. The maximum Gasteiger partial charge on any atom is 0.126 e. The summed E-state index contributed by atoms with van der Waals surface area (Å²) in [6.07, 6.45) is 5.50. The van der Waals surface area contributed by atoms with Crippen LogP contribution < -0.4 is 5.32 Å². The Morgan fingerprint density at radius 3 is 2.47 bits per heavy atom. The number of benzene rings is 1. The molecular weight excluding hydrogens is 237 g/mol. The Kier molecular flexibility index (Phi) is 5.38. The van der Waals surface area contributed by atoms with Crippen molar-refractivity contribution >= 4 is 0 Å². The van der Waals surface area contributed by atoms with Crippen molar-refractivity contribution in [2.24, 2.45) is 5.92 Å². The van der Waals surface area contributed by atoms with Gasteiger partial charge in [-0.15, -0.1) is 0 Å².